The molecule has 2 rings (SSSR count). The summed E-state index contributed by atoms with van der Waals surface area (Å²) >= 11 is 0.903. The first-order valence-corrected chi connectivity index (χ1v) is 6.56. The van der Waals surface area contributed by atoms with Gasteiger partial charge in [-0.15, -0.1) is 0 Å². The zero-order valence-corrected chi connectivity index (χ0v) is 11.8. The molecule has 1 N–H and O–H groups in total. The first-order valence-electron chi connectivity index (χ1n) is 5.75. The largest absolute Gasteiger partial charge is 0.478 e. The van der Waals surface area contributed by atoms with E-state index in [-0.39, 0.29) is 10.1 Å². The third kappa shape index (κ3) is 3.38. The Balaban J connectivity index is 2.40. The van der Waals surface area contributed by atoms with Crippen LogP contribution in [-0.2, 0) is 6.18 Å². The SMILES string of the molecule is Cc1nc(Sc2ccc(C(=O)O)c(C(F)(F)F)c2)oc1C. The maximum Gasteiger partial charge on any atom is 0.417 e. The zero-order chi connectivity index (χ0) is 15.8. The van der Waals surface area contributed by atoms with Gasteiger partial charge in [0.2, 0.25) is 0 Å². The molecule has 0 fully saturated rings. The van der Waals surface area contributed by atoms with Crippen LogP contribution < -0.4 is 0 Å². The third-order valence-electron chi connectivity index (χ3n) is 2.74. The molecule has 0 aliphatic heterocycles. The van der Waals surface area contributed by atoms with E-state index >= 15 is 0 Å². The van der Waals surface area contributed by atoms with Crippen LogP contribution in [0.5, 0.6) is 0 Å². The summed E-state index contributed by atoms with van der Waals surface area (Å²) < 4.78 is 43.9. The molecule has 21 heavy (non-hydrogen) atoms. The van der Waals surface area contributed by atoms with Gasteiger partial charge < -0.3 is 9.52 Å². The first kappa shape index (κ1) is 15.4. The highest BCUT2D eigenvalue weighted by molar-refractivity contribution is 7.99. The Morgan fingerprint density at radius 2 is 2.00 bits per heavy atom. The fourth-order valence-corrected chi connectivity index (χ4v) is 2.46. The average molecular weight is 317 g/mol. The van der Waals surface area contributed by atoms with Crippen molar-refractivity contribution in [3.8, 4) is 0 Å². The predicted octanol–water partition coefficient (Wildman–Crippen LogP) is 4.16. The molecule has 4 nitrogen and oxygen atoms in total. The van der Waals surface area contributed by atoms with Crippen LogP contribution in [0.2, 0.25) is 0 Å². The molecule has 0 aliphatic rings. The number of carboxylic acids is 1. The molecule has 0 saturated carbocycles. The number of halogens is 3. The number of aromatic nitrogens is 1. The van der Waals surface area contributed by atoms with Crippen LogP contribution >= 0.6 is 11.8 Å². The molecule has 0 spiro atoms. The van der Waals surface area contributed by atoms with E-state index < -0.39 is 23.3 Å². The van der Waals surface area contributed by atoms with Gasteiger partial charge in [-0.2, -0.15) is 13.2 Å². The molecule has 0 aliphatic carbocycles. The van der Waals surface area contributed by atoms with Crippen molar-refractivity contribution in [3.05, 3.63) is 40.8 Å². The Hall–Kier alpha value is -1.96. The maximum absolute atomic E-state index is 12.9. The van der Waals surface area contributed by atoms with E-state index in [9.17, 15) is 18.0 Å². The Labute approximate surface area is 122 Å². The molecule has 0 saturated heterocycles. The highest BCUT2D eigenvalue weighted by Crippen LogP contribution is 2.36. The monoisotopic (exact) mass is 317 g/mol. The van der Waals surface area contributed by atoms with Gasteiger partial charge in [0.1, 0.15) is 5.76 Å². The Bertz CT molecular complexity index is 675. The number of nitrogens with zero attached hydrogens (tertiary/aromatic N) is 1. The molecule has 1 heterocycles. The number of carboxylic acid groups (broad SMARTS) is 1. The number of alkyl halides is 3. The lowest BCUT2D eigenvalue weighted by Gasteiger charge is -2.11. The molecule has 8 heteroatoms. The molecular weight excluding hydrogens is 307 g/mol. The number of oxazole rings is 1. The lowest BCUT2D eigenvalue weighted by atomic mass is 10.1. The normalized spacial score (nSPS) is 11.7. The summed E-state index contributed by atoms with van der Waals surface area (Å²) in [4.78, 5) is 15.1. The van der Waals surface area contributed by atoms with Crippen molar-refractivity contribution >= 4 is 17.7 Å². The molecule has 1 aromatic carbocycles. The van der Waals surface area contributed by atoms with Gasteiger partial charge in [0.25, 0.3) is 5.22 Å². The van der Waals surface area contributed by atoms with Crippen LogP contribution in [0.1, 0.15) is 27.4 Å². The van der Waals surface area contributed by atoms with Crippen molar-refractivity contribution in [3.63, 3.8) is 0 Å². The number of hydrogen-bond donors (Lipinski definition) is 1. The third-order valence-corrected chi connectivity index (χ3v) is 3.58. The Kier molecular flexibility index (Phi) is 3.99. The fraction of sp³-hybridized carbons (Fsp3) is 0.231. The van der Waals surface area contributed by atoms with Gasteiger partial charge in [-0.1, -0.05) is 0 Å². The molecule has 1 aromatic heterocycles. The second kappa shape index (κ2) is 5.44. The quantitative estimate of drug-likeness (QED) is 0.921. The van der Waals surface area contributed by atoms with Gasteiger partial charge in [-0.3, -0.25) is 0 Å². The van der Waals surface area contributed by atoms with E-state index in [1.54, 1.807) is 13.8 Å². The number of aromatic carboxylic acids is 1. The molecule has 2 aromatic rings. The van der Waals surface area contributed by atoms with E-state index in [1.807, 2.05) is 0 Å². The minimum atomic E-state index is -4.74. The van der Waals surface area contributed by atoms with E-state index in [4.69, 9.17) is 9.52 Å². The fourth-order valence-electron chi connectivity index (χ4n) is 1.60. The van der Waals surface area contributed by atoms with Crippen molar-refractivity contribution in [2.45, 2.75) is 30.1 Å². The number of aryl methyl sites for hydroxylation is 2. The van der Waals surface area contributed by atoms with Crippen LogP contribution in [-0.4, -0.2) is 16.1 Å². The first-order chi connectivity index (χ1) is 9.68. The van der Waals surface area contributed by atoms with E-state index in [0.29, 0.717) is 11.5 Å². The number of rotatable bonds is 3. The summed E-state index contributed by atoms with van der Waals surface area (Å²) in [6.07, 6.45) is -4.74. The lowest BCUT2D eigenvalue weighted by Crippen LogP contribution is -2.12. The highest BCUT2D eigenvalue weighted by Gasteiger charge is 2.35. The van der Waals surface area contributed by atoms with Gasteiger partial charge in [0, 0.05) is 4.90 Å². The summed E-state index contributed by atoms with van der Waals surface area (Å²) in [6, 6.07) is 3.00. The summed E-state index contributed by atoms with van der Waals surface area (Å²) in [6.45, 7) is 3.42. The summed E-state index contributed by atoms with van der Waals surface area (Å²) in [5.74, 6) is -1.04. The molecule has 112 valence electrons. The lowest BCUT2D eigenvalue weighted by molar-refractivity contribution is -0.138. The van der Waals surface area contributed by atoms with Crippen LogP contribution in [0, 0.1) is 13.8 Å². The molecule has 0 radical (unpaired) electrons. The van der Waals surface area contributed by atoms with Gasteiger partial charge in [0.05, 0.1) is 16.8 Å². The topological polar surface area (TPSA) is 63.3 Å². The maximum atomic E-state index is 12.9. The minimum Gasteiger partial charge on any atom is -0.478 e. The Morgan fingerprint density at radius 3 is 2.48 bits per heavy atom. The minimum absolute atomic E-state index is 0.202. The van der Waals surface area contributed by atoms with E-state index in [2.05, 4.69) is 4.98 Å². The van der Waals surface area contributed by atoms with Gasteiger partial charge >= 0.3 is 12.1 Å². The van der Waals surface area contributed by atoms with Crippen molar-refractivity contribution in [1.29, 1.82) is 0 Å². The Morgan fingerprint density at radius 1 is 1.33 bits per heavy atom. The standard InChI is InChI=1S/C13H10F3NO3S/c1-6-7(2)20-12(17-6)21-8-3-4-9(11(18)19)10(5-8)13(14,15)16/h3-5H,1-2H3,(H,18,19). The van der Waals surface area contributed by atoms with Crippen molar-refractivity contribution in [2.75, 3.05) is 0 Å². The molecule has 0 bridgehead atoms. The van der Waals surface area contributed by atoms with Crippen molar-refractivity contribution < 1.29 is 27.5 Å². The number of hydrogen-bond acceptors (Lipinski definition) is 4. The number of carbonyl (C=O) groups is 1. The second-order valence-electron chi connectivity index (χ2n) is 4.23. The number of benzene rings is 1. The average Bonchev–Trinajstić information content (AvgIpc) is 2.66. The van der Waals surface area contributed by atoms with E-state index in [0.717, 1.165) is 23.9 Å². The molecule has 0 amide bonds. The molecular formula is C13H10F3NO3S. The summed E-state index contributed by atoms with van der Waals surface area (Å²) in [5.41, 5.74) is -1.33. The van der Waals surface area contributed by atoms with Crippen LogP contribution in [0.4, 0.5) is 13.2 Å². The molecule has 0 atom stereocenters. The van der Waals surface area contributed by atoms with E-state index in [1.165, 1.54) is 6.07 Å². The van der Waals surface area contributed by atoms with Crippen LogP contribution in [0.15, 0.2) is 32.7 Å². The van der Waals surface area contributed by atoms with Gasteiger partial charge in [-0.05, 0) is 43.8 Å². The predicted molar refractivity (Wildman–Crippen MR) is 68.5 cm³/mol. The van der Waals surface area contributed by atoms with Crippen LogP contribution in [0.25, 0.3) is 0 Å². The van der Waals surface area contributed by atoms with Gasteiger partial charge in [0.15, 0.2) is 0 Å². The summed E-state index contributed by atoms with van der Waals surface area (Å²) in [5, 5.41) is 9.02. The van der Waals surface area contributed by atoms with Crippen LogP contribution in [0.3, 0.4) is 0 Å². The highest BCUT2D eigenvalue weighted by atomic mass is 32.2. The van der Waals surface area contributed by atoms with Gasteiger partial charge in [-0.25, -0.2) is 9.78 Å². The molecule has 0 unspecified atom stereocenters. The summed E-state index contributed by atoms with van der Waals surface area (Å²) in [7, 11) is 0. The second-order valence-corrected chi connectivity index (χ2v) is 5.26. The van der Waals surface area contributed by atoms with Crippen molar-refractivity contribution in [1.82, 2.24) is 4.98 Å². The smallest absolute Gasteiger partial charge is 0.417 e. The zero-order valence-electron chi connectivity index (χ0n) is 11.0. The van der Waals surface area contributed by atoms with Crippen molar-refractivity contribution in [2.24, 2.45) is 0 Å².